The maximum Gasteiger partial charge on any atom is 0.261 e. The molecule has 156 valence electrons. The summed E-state index contributed by atoms with van der Waals surface area (Å²) in [4.78, 5) is 15.0. The first kappa shape index (κ1) is 21.6. The SMILES string of the molecule is CCCCN(Cc1ccccc1)C(=O)c1ccc(S(=O)(=O)Nc2ccccc2)cc1. The largest absolute Gasteiger partial charge is 0.334 e. The fourth-order valence-corrected chi connectivity index (χ4v) is 4.14. The molecule has 0 heterocycles. The van der Waals surface area contributed by atoms with Gasteiger partial charge in [0.1, 0.15) is 0 Å². The van der Waals surface area contributed by atoms with Crippen molar-refractivity contribution in [1.29, 1.82) is 0 Å². The van der Waals surface area contributed by atoms with Gasteiger partial charge in [0.25, 0.3) is 15.9 Å². The zero-order chi connectivity index (χ0) is 21.4. The lowest BCUT2D eigenvalue weighted by Gasteiger charge is -2.23. The smallest absolute Gasteiger partial charge is 0.261 e. The van der Waals surface area contributed by atoms with E-state index in [0.29, 0.717) is 24.3 Å². The zero-order valence-corrected chi connectivity index (χ0v) is 17.8. The Labute approximate surface area is 178 Å². The number of rotatable bonds is 9. The van der Waals surface area contributed by atoms with E-state index in [4.69, 9.17) is 0 Å². The van der Waals surface area contributed by atoms with Gasteiger partial charge in [-0.2, -0.15) is 0 Å². The molecule has 0 aliphatic heterocycles. The Morgan fingerprint density at radius 2 is 1.47 bits per heavy atom. The van der Waals surface area contributed by atoms with Crippen LogP contribution in [-0.2, 0) is 16.6 Å². The highest BCUT2D eigenvalue weighted by Gasteiger charge is 2.18. The average Bonchev–Trinajstić information content (AvgIpc) is 2.77. The molecule has 0 atom stereocenters. The quantitative estimate of drug-likeness (QED) is 0.532. The molecule has 0 fully saturated rings. The summed E-state index contributed by atoms with van der Waals surface area (Å²) in [6, 6.07) is 24.7. The third kappa shape index (κ3) is 5.70. The Hall–Kier alpha value is -3.12. The highest BCUT2D eigenvalue weighted by atomic mass is 32.2. The minimum atomic E-state index is -3.71. The maximum atomic E-state index is 13.1. The van der Waals surface area contributed by atoms with E-state index >= 15 is 0 Å². The third-order valence-corrected chi connectivity index (χ3v) is 6.12. The molecular weight excluding hydrogens is 396 g/mol. The second kappa shape index (κ2) is 10.1. The minimum Gasteiger partial charge on any atom is -0.334 e. The number of anilines is 1. The van der Waals surface area contributed by atoms with E-state index in [0.717, 1.165) is 18.4 Å². The van der Waals surface area contributed by atoms with Crippen molar-refractivity contribution in [3.63, 3.8) is 0 Å². The van der Waals surface area contributed by atoms with Crippen LogP contribution in [0.5, 0.6) is 0 Å². The fraction of sp³-hybridized carbons (Fsp3) is 0.208. The molecule has 0 radical (unpaired) electrons. The Balaban J connectivity index is 1.76. The second-order valence-electron chi connectivity index (χ2n) is 7.06. The summed E-state index contributed by atoms with van der Waals surface area (Å²) in [7, 11) is -3.71. The van der Waals surface area contributed by atoms with E-state index in [9.17, 15) is 13.2 Å². The molecule has 0 aliphatic rings. The van der Waals surface area contributed by atoms with Gasteiger partial charge >= 0.3 is 0 Å². The molecule has 5 nitrogen and oxygen atoms in total. The summed E-state index contributed by atoms with van der Waals surface area (Å²) in [5, 5.41) is 0. The Bertz CT molecular complexity index is 1050. The number of nitrogens with one attached hydrogen (secondary N) is 1. The predicted octanol–water partition coefficient (Wildman–Crippen LogP) is 4.93. The van der Waals surface area contributed by atoms with E-state index in [-0.39, 0.29) is 10.8 Å². The lowest BCUT2D eigenvalue weighted by Crippen LogP contribution is -2.31. The highest BCUT2D eigenvalue weighted by molar-refractivity contribution is 7.92. The van der Waals surface area contributed by atoms with Crippen molar-refractivity contribution >= 4 is 21.6 Å². The van der Waals surface area contributed by atoms with Gasteiger partial charge in [0, 0.05) is 24.3 Å². The van der Waals surface area contributed by atoms with Crippen LogP contribution in [0.25, 0.3) is 0 Å². The van der Waals surface area contributed by atoms with Gasteiger partial charge in [-0.3, -0.25) is 9.52 Å². The summed E-state index contributed by atoms with van der Waals surface area (Å²) in [5.74, 6) is -0.104. The van der Waals surface area contributed by atoms with Crippen LogP contribution in [0.4, 0.5) is 5.69 Å². The van der Waals surface area contributed by atoms with Gasteiger partial charge in [0.2, 0.25) is 0 Å². The molecule has 0 aromatic heterocycles. The molecule has 1 amide bonds. The first-order valence-electron chi connectivity index (χ1n) is 10.0. The maximum absolute atomic E-state index is 13.1. The molecule has 30 heavy (non-hydrogen) atoms. The lowest BCUT2D eigenvalue weighted by molar-refractivity contribution is 0.0740. The number of amides is 1. The van der Waals surface area contributed by atoms with Crippen molar-refractivity contribution < 1.29 is 13.2 Å². The van der Waals surface area contributed by atoms with E-state index in [1.54, 1.807) is 36.4 Å². The number of sulfonamides is 1. The number of para-hydroxylation sites is 1. The monoisotopic (exact) mass is 422 g/mol. The number of hydrogen-bond donors (Lipinski definition) is 1. The van der Waals surface area contributed by atoms with Crippen LogP contribution < -0.4 is 4.72 Å². The number of hydrogen-bond acceptors (Lipinski definition) is 3. The number of carbonyl (C=O) groups excluding carboxylic acids is 1. The van der Waals surface area contributed by atoms with Gasteiger partial charge in [-0.1, -0.05) is 61.9 Å². The molecule has 3 rings (SSSR count). The summed E-state index contributed by atoms with van der Waals surface area (Å²) in [5.41, 5.74) is 2.03. The number of carbonyl (C=O) groups is 1. The van der Waals surface area contributed by atoms with Crippen molar-refractivity contribution in [2.45, 2.75) is 31.2 Å². The number of nitrogens with zero attached hydrogens (tertiary/aromatic N) is 1. The minimum absolute atomic E-state index is 0.104. The molecule has 0 saturated carbocycles. The highest BCUT2D eigenvalue weighted by Crippen LogP contribution is 2.18. The van der Waals surface area contributed by atoms with Crippen molar-refractivity contribution in [1.82, 2.24) is 4.90 Å². The van der Waals surface area contributed by atoms with Gasteiger partial charge in [0.05, 0.1) is 4.90 Å². The zero-order valence-electron chi connectivity index (χ0n) is 17.0. The van der Waals surface area contributed by atoms with E-state index in [2.05, 4.69) is 11.6 Å². The lowest BCUT2D eigenvalue weighted by atomic mass is 10.1. The summed E-state index contributed by atoms with van der Waals surface area (Å²) >= 11 is 0. The van der Waals surface area contributed by atoms with Crippen LogP contribution in [0, 0.1) is 0 Å². The summed E-state index contributed by atoms with van der Waals surface area (Å²) in [6.45, 7) is 3.26. The van der Waals surface area contributed by atoms with Crippen molar-refractivity contribution in [2.75, 3.05) is 11.3 Å². The van der Waals surface area contributed by atoms with Crippen LogP contribution in [0.3, 0.4) is 0 Å². The van der Waals surface area contributed by atoms with Crippen LogP contribution >= 0.6 is 0 Å². The van der Waals surface area contributed by atoms with Gasteiger partial charge in [-0.25, -0.2) is 8.42 Å². The Morgan fingerprint density at radius 1 is 0.867 bits per heavy atom. The van der Waals surface area contributed by atoms with E-state index in [1.807, 2.05) is 41.3 Å². The van der Waals surface area contributed by atoms with E-state index < -0.39 is 10.0 Å². The summed E-state index contributed by atoms with van der Waals surface area (Å²) in [6.07, 6.45) is 1.90. The van der Waals surface area contributed by atoms with Crippen molar-refractivity contribution in [2.24, 2.45) is 0 Å². The van der Waals surface area contributed by atoms with Crippen LogP contribution in [0.2, 0.25) is 0 Å². The number of benzene rings is 3. The first-order valence-corrected chi connectivity index (χ1v) is 11.5. The summed E-state index contributed by atoms with van der Waals surface area (Å²) < 4.78 is 27.7. The van der Waals surface area contributed by atoms with Crippen LogP contribution in [0.1, 0.15) is 35.7 Å². The molecule has 0 aliphatic carbocycles. The van der Waals surface area contributed by atoms with Gasteiger partial charge < -0.3 is 4.90 Å². The van der Waals surface area contributed by atoms with Gasteiger partial charge in [-0.05, 0) is 48.4 Å². The standard InChI is InChI=1S/C24H26N2O3S/c1-2-3-18-26(19-20-10-6-4-7-11-20)24(27)21-14-16-23(17-15-21)30(28,29)25-22-12-8-5-9-13-22/h4-17,25H,2-3,18-19H2,1H3. The molecular formula is C24H26N2O3S. The molecule has 0 spiro atoms. The Morgan fingerprint density at radius 3 is 2.07 bits per heavy atom. The fourth-order valence-electron chi connectivity index (χ4n) is 3.08. The topological polar surface area (TPSA) is 66.5 Å². The molecule has 0 bridgehead atoms. The first-order chi connectivity index (χ1) is 14.5. The average molecular weight is 423 g/mol. The van der Waals surface area contributed by atoms with E-state index in [1.165, 1.54) is 12.1 Å². The van der Waals surface area contributed by atoms with Crippen molar-refractivity contribution in [3.05, 3.63) is 96.1 Å². The third-order valence-electron chi connectivity index (χ3n) is 4.72. The second-order valence-corrected chi connectivity index (χ2v) is 8.74. The Kier molecular flexibility index (Phi) is 7.25. The van der Waals surface area contributed by atoms with Crippen LogP contribution in [0.15, 0.2) is 89.8 Å². The van der Waals surface area contributed by atoms with Crippen molar-refractivity contribution in [3.8, 4) is 0 Å². The number of unbranched alkanes of at least 4 members (excludes halogenated alkanes) is 1. The molecule has 6 heteroatoms. The molecule has 3 aromatic carbocycles. The van der Waals surface area contributed by atoms with Gasteiger partial charge in [0.15, 0.2) is 0 Å². The normalized spacial score (nSPS) is 11.1. The molecule has 0 unspecified atom stereocenters. The van der Waals surface area contributed by atoms with Gasteiger partial charge in [-0.15, -0.1) is 0 Å². The molecule has 1 N–H and O–H groups in total. The van der Waals surface area contributed by atoms with Crippen LogP contribution in [-0.4, -0.2) is 25.8 Å². The molecule has 3 aromatic rings. The predicted molar refractivity (Wildman–Crippen MR) is 120 cm³/mol. The molecule has 0 saturated heterocycles.